The number of aliphatic hydroxyl groups is 1. The van der Waals surface area contributed by atoms with E-state index < -0.39 is 5.97 Å². The fourth-order valence-corrected chi connectivity index (χ4v) is 3.09. The first-order chi connectivity index (χ1) is 10.5. The molecule has 1 N–H and O–H groups in total. The van der Waals surface area contributed by atoms with Crippen molar-refractivity contribution in [3.63, 3.8) is 0 Å². The van der Waals surface area contributed by atoms with Crippen molar-refractivity contribution in [2.45, 2.75) is 0 Å². The van der Waals surface area contributed by atoms with E-state index in [0.29, 0.717) is 10.0 Å². The number of halogens is 2. The Morgan fingerprint density at radius 2 is 2.00 bits per heavy atom. The van der Waals surface area contributed by atoms with Gasteiger partial charge in [-0.1, -0.05) is 41.4 Å². The molecule has 0 fully saturated rings. The molecule has 0 aliphatic carbocycles. The van der Waals surface area contributed by atoms with Gasteiger partial charge < -0.3 is 9.84 Å². The number of para-hydroxylation sites is 1. The summed E-state index contributed by atoms with van der Waals surface area (Å²) in [5.74, 6) is -1.06. The van der Waals surface area contributed by atoms with E-state index in [9.17, 15) is 9.90 Å². The highest BCUT2D eigenvalue weighted by Crippen LogP contribution is 2.35. The molecule has 2 rings (SSSR count). The van der Waals surface area contributed by atoms with E-state index >= 15 is 0 Å². The van der Waals surface area contributed by atoms with Crippen LogP contribution in [0.1, 0.15) is 5.56 Å². The summed E-state index contributed by atoms with van der Waals surface area (Å²) in [6, 6.07) is 10.5. The first kappa shape index (κ1) is 16.5. The maximum absolute atomic E-state index is 11.9. The van der Waals surface area contributed by atoms with Crippen LogP contribution in [-0.4, -0.2) is 24.4 Å². The van der Waals surface area contributed by atoms with Gasteiger partial charge in [-0.25, -0.2) is 4.79 Å². The highest BCUT2D eigenvalue weighted by Gasteiger charge is 2.19. The number of carbonyl (C=O) groups excluding carboxylic acids is 1. The average Bonchev–Trinajstić information content (AvgIpc) is 2.86. The number of ether oxygens (including phenoxy) is 1. The SMILES string of the molecule is COC(=O)/C(C=Nc1ccccc1)=C(\O)c1cc(Cl)sc1Cl. The van der Waals surface area contributed by atoms with Crippen molar-refractivity contribution in [3.8, 4) is 0 Å². The number of hydrogen-bond acceptors (Lipinski definition) is 5. The Bertz CT molecular complexity index is 739. The predicted octanol–water partition coefficient (Wildman–Crippen LogP) is 4.90. The Morgan fingerprint density at radius 3 is 2.55 bits per heavy atom. The van der Waals surface area contributed by atoms with Crippen molar-refractivity contribution in [2.24, 2.45) is 4.99 Å². The van der Waals surface area contributed by atoms with E-state index in [1.165, 1.54) is 19.4 Å². The number of benzene rings is 1. The molecule has 0 unspecified atom stereocenters. The van der Waals surface area contributed by atoms with Gasteiger partial charge in [-0.15, -0.1) is 11.3 Å². The summed E-state index contributed by atoms with van der Waals surface area (Å²) in [6.45, 7) is 0. The first-order valence-corrected chi connectivity index (χ1v) is 7.66. The molecule has 1 aromatic heterocycles. The fraction of sp³-hybridized carbons (Fsp3) is 0.0667. The standard InChI is InChI=1S/C15H11Cl2NO3S/c1-21-15(20)11(8-18-9-5-3-2-4-6-9)13(19)10-7-12(16)22-14(10)17/h2-8,19H,1H3/b13-11-,18-8?. The van der Waals surface area contributed by atoms with Gasteiger partial charge in [0.05, 0.1) is 17.1 Å². The third-order valence-corrected chi connectivity index (χ3v) is 4.16. The van der Waals surface area contributed by atoms with Crippen LogP contribution >= 0.6 is 34.5 Å². The van der Waals surface area contributed by atoms with Gasteiger partial charge in [-0.3, -0.25) is 4.99 Å². The maximum Gasteiger partial charge on any atom is 0.343 e. The minimum absolute atomic E-state index is 0.109. The second-order valence-corrected chi connectivity index (χ2v) is 6.37. The van der Waals surface area contributed by atoms with Crippen molar-refractivity contribution < 1.29 is 14.6 Å². The normalized spacial score (nSPS) is 12.3. The minimum atomic E-state index is -0.726. The molecule has 2 aromatic rings. The summed E-state index contributed by atoms with van der Waals surface area (Å²) in [5, 5.41) is 10.3. The van der Waals surface area contributed by atoms with Crippen LogP contribution in [0.4, 0.5) is 5.69 Å². The Hall–Kier alpha value is -1.82. The Balaban J connectivity index is 2.46. The second-order valence-electron chi connectivity index (χ2n) is 4.09. The molecule has 0 atom stereocenters. The summed E-state index contributed by atoms with van der Waals surface area (Å²) in [4.78, 5) is 16.0. The molecule has 0 bridgehead atoms. The third kappa shape index (κ3) is 3.88. The maximum atomic E-state index is 11.9. The van der Waals surface area contributed by atoms with Crippen LogP contribution in [0.3, 0.4) is 0 Å². The molecule has 0 aliphatic heterocycles. The molecule has 1 aromatic carbocycles. The zero-order valence-electron chi connectivity index (χ0n) is 11.4. The molecule has 0 amide bonds. The predicted molar refractivity (Wildman–Crippen MR) is 90.5 cm³/mol. The quantitative estimate of drug-likeness (QED) is 0.367. The van der Waals surface area contributed by atoms with Gasteiger partial charge in [0.15, 0.2) is 0 Å². The summed E-state index contributed by atoms with van der Waals surface area (Å²) < 4.78 is 5.34. The van der Waals surface area contributed by atoms with Gasteiger partial charge in [0.1, 0.15) is 15.7 Å². The van der Waals surface area contributed by atoms with E-state index in [0.717, 1.165) is 11.3 Å². The lowest BCUT2D eigenvalue weighted by atomic mass is 10.1. The Labute approximate surface area is 141 Å². The topological polar surface area (TPSA) is 58.9 Å². The molecule has 0 spiro atoms. The van der Waals surface area contributed by atoms with Crippen LogP contribution in [0, 0.1) is 0 Å². The molecule has 1 heterocycles. The molecule has 114 valence electrons. The molecular weight excluding hydrogens is 345 g/mol. The van der Waals surface area contributed by atoms with Crippen molar-refractivity contribution >= 4 is 58.2 Å². The Kier molecular flexibility index (Phi) is 5.60. The highest BCUT2D eigenvalue weighted by atomic mass is 35.5. The lowest BCUT2D eigenvalue weighted by Crippen LogP contribution is -2.08. The van der Waals surface area contributed by atoms with Gasteiger partial charge in [0.25, 0.3) is 0 Å². The summed E-state index contributed by atoms with van der Waals surface area (Å²) >= 11 is 12.9. The number of aliphatic hydroxyl groups excluding tert-OH is 1. The zero-order valence-corrected chi connectivity index (χ0v) is 13.7. The fourth-order valence-electron chi connectivity index (χ4n) is 1.62. The number of thiophene rings is 1. The van der Waals surface area contributed by atoms with Crippen molar-refractivity contribution in [1.82, 2.24) is 0 Å². The first-order valence-electron chi connectivity index (χ1n) is 6.08. The molecular formula is C15H11Cl2NO3S. The summed E-state index contributed by atoms with van der Waals surface area (Å²) in [5.41, 5.74) is 0.783. The lowest BCUT2D eigenvalue weighted by molar-refractivity contribution is -0.135. The number of methoxy groups -OCH3 is 1. The highest BCUT2D eigenvalue weighted by molar-refractivity contribution is 7.20. The van der Waals surface area contributed by atoms with Crippen LogP contribution in [-0.2, 0) is 9.53 Å². The van der Waals surface area contributed by atoms with Crippen LogP contribution in [0.2, 0.25) is 8.67 Å². The molecule has 0 radical (unpaired) electrons. The van der Waals surface area contributed by atoms with E-state index in [2.05, 4.69) is 9.73 Å². The third-order valence-electron chi connectivity index (χ3n) is 2.67. The number of rotatable bonds is 4. The monoisotopic (exact) mass is 355 g/mol. The molecule has 22 heavy (non-hydrogen) atoms. The number of carbonyl (C=O) groups is 1. The van der Waals surface area contributed by atoms with Gasteiger partial charge in [-0.2, -0.15) is 0 Å². The number of esters is 1. The van der Waals surface area contributed by atoms with Crippen LogP contribution < -0.4 is 0 Å². The molecule has 0 aliphatic rings. The van der Waals surface area contributed by atoms with Crippen LogP contribution in [0.15, 0.2) is 47.0 Å². The van der Waals surface area contributed by atoms with Crippen molar-refractivity contribution in [1.29, 1.82) is 0 Å². The summed E-state index contributed by atoms with van der Waals surface area (Å²) in [6.07, 6.45) is 1.23. The van der Waals surface area contributed by atoms with Gasteiger partial charge >= 0.3 is 5.97 Å². The largest absolute Gasteiger partial charge is 0.506 e. The molecule has 0 saturated carbocycles. The molecule has 7 heteroatoms. The zero-order chi connectivity index (χ0) is 16.1. The van der Waals surface area contributed by atoms with Crippen molar-refractivity contribution in [3.05, 3.63) is 56.2 Å². The Morgan fingerprint density at radius 1 is 1.32 bits per heavy atom. The van der Waals surface area contributed by atoms with Crippen LogP contribution in [0.25, 0.3) is 5.76 Å². The number of hydrogen-bond donors (Lipinski definition) is 1. The number of aliphatic imine (C=N–C) groups is 1. The van der Waals surface area contributed by atoms with Crippen molar-refractivity contribution in [2.75, 3.05) is 7.11 Å². The molecule has 4 nitrogen and oxygen atoms in total. The van der Waals surface area contributed by atoms with E-state index in [1.54, 1.807) is 12.1 Å². The number of nitrogens with zero attached hydrogens (tertiary/aromatic N) is 1. The van der Waals surface area contributed by atoms with Gasteiger partial charge in [0.2, 0.25) is 0 Å². The minimum Gasteiger partial charge on any atom is -0.506 e. The average molecular weight is 356 g/mol. The molecule has 0 saturated heterocycles. The van der Waals surface area contributed by atoms with Gasteiger partial charge in [0, 0.05) is 11.8 Å². The summed E-state index contributed by atoms with van der Waals surface area (Å²) in [7, 11) is 1.22. The smallest absolute Gasteiger partial charge is 0.343 e. The van der Waals surface area contributed by atoms with E-state index in [4.69, 9.17) is 23.2 Å². The van der Waals surface area contributed by atoms with Crippen LogP contribution in [0.5, 0.6) is 0 Å². The second kappa shape index (κ2) is 7.45. The van der Waals surface area contributed by atoms with E-state index in [1.807, 2.05) is 18.2 Å². The lowest BCUT2D eigenvalue weighted by Gasteiger charge is -2.04. The van der Waals surface area contributed by atoms with Gasteiger partial charge in [-0.05, 0) is 18.2 Å². The van der Waals surface area contributed by atoms with E-state index in [-0.39, 0.29) is 21.2 Å².